The van der Waals surface area contributed by atoms with Crippen LogP contribution in [0.5, 0.6) is 0 Å². The molecule has 1 atom stereocenters. The minimum Gasteiger partial charge on any atom is -0.371 e. The Balaban J connectivity index is 1.19. The molecule has 0 saturated carbocycles. The van der Waals surface area contributed by atoms with Crippen LogP contribution < -0.4 is 5.32 Å². The predicted octanol–water partition coefficient (Wildman–Crippen LogP) is 7.46. The van der Waals surface area contributed by atoms with Crippen LogP contribution in [0.2, 0.25) is 5.02 Å². The van der Waals surface area contributed by atoms with Gasteiger partial charge < -0.3 is 15.0 Å². The minimum absolute atomic E-state index is 0.0195. The number of nitrogens with zero attached hydrogens (tertiary/aromatic N) is 2. The van der Waals surface area contributed by atoms with Crippen molar-refractivity contribution in [3.8, 4) is 22.6 Å². The molecule has 6 rings (SSSR count). The van der Waals surface area contributed by atoms with Crippen molar-refractivity contribution in [3.05, 3.63) is 89.1 Å². The highest BCUT2D eigenvalue weighted by Gasteiger charge is 2.33. The van der Waals surface area contributed by atoms with Crippen molar-refractivity contribution in [2.24, 2.45) is 0 Å². The molecule has 0 amide bonds. The summed E-state index contributed by atoms with van der Waals surface area (Å²) in [5.41, 5.74) is 7.91. The number of imidazole rings is 1. The van der Waals surface area contributed by atoms with Crippen LogP contribution in [0, 0.1) is 0 Å². The average Bonchev–Trinajstić information content (AvgIpc) is 3.52. The number of hydrogen-bond acceptors (Lipinski definition) is 4. The molecule has 1 aromatic heterocycles. The summed E-state index contributed by atoms with van der Waals surface area (Å²) < 4.78 is 6.25. The van der Waals surface area contributed by atoms with E-state index in [0.717, 1.165) is 72.9 Å². The van der Waals surface area contributed by atoms with Crippen LogP contribution in [0.4, 0.5) is 11.4 Å². The Hall–Kier alpha value is -3.12. The van der Waals surface area contributed by atoms with E-state index >= 15 is 0 Å². The highest BCUT2D eigenvalue weighted by molar-refractivity contribution is 6.33. The van der Waals surface area contributed by atoms with E-state index in [1.165, 1.54) is 11.1 Å². The van der Waals surface area contributed by atoms with Crippen LogP contribution in [-0.2, 0) is 17.7 Å². The van der Waals surface area contributed by atoms with Crippen molar-refractivity contribution in [2.75, 3.05) is 18.4 Å². The van der Waals surface area contributed by atoms with E-state index in [1.54, 1.807) is 0 Å². The number of H-pyrrole nitrogens is 1. The van der Waals surface area contributed by atoms with Crippen molar-refractivity contribution < 1.29 is 4.74 Å². The lowest BCUT2D eigenvalue weighted by Crippen LogP contribution is -2.37. The molecule has 190 valence electrons. The number of halogens is 1. The van der Waals surface area contributed by atoms with Crippen molar-refractivity contribution in [1.82, 2.24) is 14.9 Å². The van der Waals surface area contributed by atoms with Gasteiger partial charge in [-0.05, 0) is 74.1 Å². The third kappa shape index (κ3) is 5.30. The number of anilines is 2. The largest absolute Gasteiger partial charge is 0.371 e. The highest BCUT2D eigenvalue weighted by Crippen LogP contribution is 2.35. The van der Waals surface area contributed by atoms with E-state index in [4.69, 9.17) is 16.3 Å². The molecule has 37 heavy (non-hydrogen) atoms. The lowest BCUT2D eigenvalue weighted by molar-refractivity contribution is -0.0301. The zero-order valence-electron chi connectivity index (χ0n) is 21.4. The first-order valence-corrected chi connectivity index (χ1v) is 13.5. The second-order valence-electron chi connectivity index (χ2n) is 10.8. The van der Waals surface area contributed by atoms with E-state index in [2.05, 4.69) is 70.4 Å². The molecular formula is C31H33ClN4O. The molecule has 1 saturated heterocycles. The van der Waals surface area contributed by atoms with E-state index in [-0.39, 0.29) is 5.60 Å². The van der Waals surface area contributed by atoms with Gasteiger partial charge in [-0.1, -0.05) is 54.1 Å². The van der Waals surface area contributed by atoms with Crippen LogP contribution in [0.15, 0.2) is 72.9 Å². The molecule has 0 spiro atoms. The number of nitrogens with one attached hydrogen (secondary N) is 2. The maximum absolute atomic E-state index is 6.60. The van der Waals surface area contributed by atoms with Gasteiger partial charge in [-0.25, -0.2) is 4.98 Å². The van der Waals surface area contributed by atoms with Gasteiger partial charge in [-0.2, -0.15) is 0 Å². The van der Waals surface area contributed by atoms with Crippen LogP contribution in [0.3, 0.4) is 0 Å². The van der Waals surface area contributed by atoms with Gasteiger partial charge in [0.05, 0.1) is 28.6 Å². The van der Waals surface area contributed by atoms with Crippen molar-refractivity contribution in [2.45, 2.75) is 51.4 Å². The standard InChI is InChI=1S/C31H33ClN4O/c1-31(2)15-13-24(37-31)20-36-16-14-25-22(19-36)9-6-10-28(25)34-23-11-12-27(32)26(17-23)30-33-18-29(35-30)21-7-4-3-5-8-21/h3-12,17-18,24,34H,13-16,19-20H2,1-2H3,(H,33,35)/t24-/m1/s1. The number of fused-ring (bicyclic) bond motifs is 1. The fourth-order valence-electron chi connectivity index (χ4n) is 5.60. The molecule has 4 aromatic rings. The van der Waals surface area contributed by atoms with Gasteiger partial charge in [0.25, 0.3) is 0 Å². The normalized spacial score (nSPS) is 19.1. The number of benzene rings is 3. The third-order valence-corrected chi connectivity index (χ3v) is 7.85. The fraction of sp³-hybridized carbons (Fsp3) is 0.323. The maximum atomic E-state index is 6.60. The summed E-state index contributed by atoms with van der Waals surface area (Å²) in [6.45, 7) is 7.42. The Morgan fingerprint density at radius 1 is 1.11 bits per heavy atom. The molecular weight excluding hydrogens is 480 g/mol. The molecule has 3 aromatic carbocycles. The van der Waals surface area contributed by atoms with E-state index < -0.39 is 0 Å². The molecule has 3 heterocycles. The van der Waals surface area contributed by atoms with Gasteiger partial charge in [-0.15, -0.1) is 0 Å². The SMILES string of the molecule is CC1(C)CC[C@H](CN2CCc3c(cccc3Nc3ccc(Cl)c(-c4ncc(-c5ccccc5)[nH]4)c3)C2)O1. The molecule has 1 fully saturated rings. The summed E-state index contributed by atoms with van der Waals surface area (Å²) in [4.78, 5) is 10.6. The average molecular weight is 513 g/mol. The second-order valence-corrected chi connectivity index (χ2v) is 11.2. The molecule has 2 aliphatic heterocycles. The van der Waals surface area contributed by atoms with Crippen LogP contribution in [0.1, 0.15) is 37.8 Å². The Morgan fingerprint density at radius 2 is 1.97 bits per heavy atom. The molecule has 2 aliphatic rings. The van der Waals surface area contributed by atoms with Gasteiger partial charge in [-0.3, -0.25) is 4.90 Å². The first kappa shape index (κ1) is 24.2. The lowest BCUT2D eigenvalue weighted by Gasteiger charge is -2.32. The molecule has 0 bridgehead atoms. The van der Waals surface area contributed by atoms with Gasteiger partial charge >= 0.3 is 0 Å². The predicted molar refractivity (Wildman–Crippen MR) is 151 cm³/mol. The summed E-state index contributed by atoms with van der Waals surface area (Å²) in [5.74, 6) is 0.760. The Morgan fingerprint density at radius 3 is 2.78 bits per heavy atom. The van der Waals surface area contributed by atoms with Crippen molar-refractivity contribution >= 4 is 23.0 Å². The second kappa shape index (κ2) is 9.97. The van der Waals surface area contributed by atoms with Gasteiger partial charge in [0, 0.05) is 36.6 Å². The first-order chi connectivity index (χ1) is 17.9. The molecule has 0 radical (unpaired) electrons. The quantitative estimate of drug-likeness (QED) is 0.281. The highest BCUT2D eigenvalue weighted by atomic mass is 35.5. The molecule has 5 nitrogen and oxygen atoms in total. The van der Waals surface area contributed by atoms with E-state index in [1.807, 2.05) is 36.5 Å². The van der Waals surface area contributed by atoms with Crippen LogP contribution in [-0.4, -0.2) is 39.7 Å². The van der Waals surface area contributed by atoms with E-state index in [0.29, 0.717) is 11.1 Å². The van der Waals surface area contributed by atoms with E-state index in [9.17, 15) is 0 Å². The fourth-order valence-corrected chi connectivity index (χ4v) is 5.80. The maximum Gasteiger partial charge on any atom is 0.139 e. The number of rotatable bonds is 6. The Kier molecular flexibility index (Phi) is 6.53. The topological polar surface area (TPSA) is 53.2 Å². The molecule has 0 unspecified atom stereocenters. The Bertz CT molecular complexity index is 1400. The zero-order chi connectivity index (χ0) is 25.4. The number of ether oxygens (including phenoxy) is 1. The Labute approximate surface area is 223 Å². The van der Waals surface area contributed by atoms with Gasteiger partial charge in [0.2, 0.25) is 0 Å². The summed E-state index contributed by atoms with van der Waals surface area (Å²) >= 11 is 6.60. The molecule has 0 aliphatic carbocycles. The summed E-state index contributed by atoms with van der Waals surface area (Å²) in [7, 11) is 0. The minimum atomic E-state index is 0.0195. The smallest absolute Gasteiger partial charge is 0.139 e. The summed E-state index contributed by atoms with van der Waals surface area (Å²) in [6.07, 6.45) is 5.52. The summed E-state index contributed by atoms with van der Waals surface area (Å²) in [6, 6.07) is 22.8. The van der Waals surface area contributed by atoms with Crippen LogP contribution >= 0.6 is 11.6 Å². The number of aromatic amines is 1. The molecule has 2 N–H and O–H groups in total. The number of hydrogen-bond donors (Lipinski definition) is 2. The monoisotopic (exact) mass is 512 g/mol. The van der Waals surface area contributed by atoms with Crippen molar-refractivity contribution in [1.29, 1.82) is 0 Å². The molecule has 6 heteroatoms. The van der Waals surface area contributed by atoms with Gasteiger partial charge in [0.1, 0.15) is 5.82 Å². The van der Waals surface area contributed by atoms with Gasteiger partial charge in [0.15, 0.2) is 0 Å². The van der Waals surface area contributed by atoms with Crippen molar-refractivity contribution in [3.63, 3.8) is 0 Å². The summed E-state index contributed by atoms with van der Waals surface area (Å²) in [5, 5.41) is 4.33. The number of aromatic nitrogens is 2. The van der Waals surface area contributed by atoms with Crippen LogP contribution in [0.25, 0.3) is 22.6 Å². The first-order valence-electron chi connectivity index (χ1n) is 13.1. The third-order valence-electron chi connectivity index (χ3n) is 7.52. The zero-order valence-corrected chi connectivity index (χ0v) is 22.2. The lowest BCUT2D eigenvalue weighted by atomic mass is 9.97.